The van der Waals surface area contributed by atoms with Gasteiger partial charge >= 0.3 is 5.97 Å². The summed E-state index contributed by atoms with van der Waals surface area (Å²) in [7, 11) is 0. The van der Waals surface area contributed by atoms with Gasteiger partial charge in [-0.2, -0.15) is 0 Å². The summed E-state index contributed by atoms with van der Waals surface area (Å²) >= 11 is 0. The van der Waals surface area contributed by atoms with Crippen molar-refractivity contribution in [2.45, 2.75) is 12.8 Å². The van der Waals surface area contributed by atoms with Crippen LogP contribution in [0, 0.1) is 0 Å². The number of aliphatic hydroxyl groups excluding tert-OH is 1. The van der Waals surface area contributed by atoms with E-state index in [2.05, 4.69) is 4.98 Å². The Labute approximate surface area is 92.0 Å². The van der Waals surface area contributed by atoms with Crippen LogP contribution in [0.25, 0.3) is 5.52 Å². The summed E-state index contributed by atoms with van der Waals surface area (Å²) in [6, 6.07) is 3.27. The maximum atomic E-state index is 10.8. The minimum Gasteiger partial charge on any atom is -0.478 e. The highest BCUT2D eigenvalue weighted by atomic mass is 16.4. The standard InChI is InChI=1S/C11H12N2O3/c14-5-1-2-10-12-6-9-4-3-8(11(15)16)7-13(9)10/h3-4,6-7,14H,1-2,5H2,(H,15,16). The van der Waals surface area contributed by atoms with Crippen molar-refractivity contribution >= 4 is 11.5 Å². The van der Waals surface area contributed by atoms with Gasteiger partial charge < -0.3 is 14.6 Å². The molecule has 16 heavy (non-hydrogen) atoms. The summed E-state index contributed by atoms with van der Waals surface area (Å²) in [6.07, 6.45) is 4.50. The number of aryl methyl sites for hydroxylation is 1. The lowest BCUT2D eigenvalue weighted by atomic mass is 10.2. The van der Waals surface area contributed by atoms with Gasteiger partial charge in [0, 0.05) is 19.2 Å². The fourth-order valence-electron chi connectivity index (χ4n) is 1.59. The van der Waals surface area contributed by atoms with Crippen molar-refractivity contribution in [3.8, 4) is 0 Å². The molecule has 0 aromatic carbocycles. The van der Waals surface area contributed by atoms with E-state index in [4.69, 9.17) is 10.2 Å². The molecule has 5 heteroatoms. The monoisotopic (exact) mass is 220 g/mol. The second kappa shape index (κ2) is 4.32. The first-order chi connectivity index (χ1) is 7.72. The SMILES string of the molecule is O=C(O)c1ccc2cnc(CCCO)n2c1. The largest absolute Gasteiger partial charge is 0.478 e. The van der Waals surface area contributed by atoms with E-state index >= 15 is 0 Å². The average molecular weight is 220 g/mol. The maximum absolute atomic E-state index is 10.8. The molecule has 2 aromatic heterocycles. The number of hydrogen-bond acceptors (Lipinski definition) is 3. The van der Waals surface area contributed by atoms with Crippen molar-refractivity contribution in [3.05, 3.63) is 35.9 Å². The molecule has 0 unspecified atom stereocenters. The Morgan fingerprint density at radius 2 is 2.25 bits per heavy atom. The lowest BCUT2D eigenvalue weighted by Crippen LogP contribution is -2.01. The van der Waals surface area contributed by atoms with E-state index in [1.165, 1.54) is 0 Å². The van der Waals surface area contributed by atoms with Gasteiger partial charge in [0.15, 0.2) is 0 Å². The van der Waals surface area contributed by atoms with Crippen LogP contribution in [0.2, 0.25) is 0 Å². The Kier molecular flexibility index (Phi) is 2.87. The summed E-state index contributed by atoms with van der Waals surface area (Å²) in [4.78, 5) is 15.0. The molecule has 2 aromatic rings. The number of imidazole rings is 1. The van der Waals surface area contributed by atoms with Crippen molar-refractivity contribution in [2.75, 3.05) is 6.61 Å². The fourth-order valence-corrected chi connectivity index (χ4v) is 1.59. The quantitative estimate of drug-likeness (QED) is 0.804. The molecule has 2 N–H and O–H groups in total. The highest BCUT2D eigenvalue weighted by Crippen LogP contribution is 2.10. The molecule has 0 atom stereocenters. The molecule has 0 radical (unpaired) electrons. The Morgan fingerprint density at radius 1 is 1.44 bits per heavy atom. The molecule has 2 heterocycles. The van der Waals surface area contributed by atoms with Gasteiger partial charge in [0.1, 0.15) is 5.82 Å². The predicted octanol–water partition coefficient (Wildman–Crippen LogP) is 0.957. The predicted molar refractivity (Wildman–Crippen MR) is 57.6 cm³/mol. The Bertz CT molecular complexity index is 519. The number of carbonyl (C=O) groups is 1. The lowest BCUT2D eigenvalue weighted by Gasteiger charge is -2.01. The lowest BCUT2D eigenvalue weighted by molar-refractivity contribution is 0.0696. The zero-order valence-corrected chi connectivity index (χ0v) is 8.63. The van der Waals surface area contributed by atoms with Crippen LogP contribution < -0.4 is 0 Å². The molecule has 0 bridgehead atoms. The number of aromatic nitrogens is 2. The number of aromatic carboxylic acids is 1. The third-order valence-electron chi connectivity index (χ3n) is 2.41. The van der Waals surface area contributed by atoms with E-state index in [9.17, 15) is 4.79 Å². The number of carboxylic acids is 1. The van der Waals surface area contributed by atoms with E-state index in [0.717, 1.165) is 11.3 Å². The van der Waals surface area contributed by atoms with Crippen LogP contribution in [0.3, 0.4) is 0 Å². The molecule has 0 saturated carbocycles. The number of hydrogen-bond donors (Lipinski definition) is 2. The second-order valence-corrected chi connectivity index (χ2v) is 3.52. The van der Waals surface area contributed by atoms with E-state index in [1.807, 2.05) is 0 Å². The van der Waals surface area contributed by atoms with Gasteiger partial charge in [-0.3, -0.25) is 0 Å². The summed E-state index contributed by atoms with van der Waals surface area (Å²) in [5.74, 6) is -0.184. The van der Waals surface area contributed by atoms with Crippen molar-refractivity contribution in [3.63, 3.8) is 0 Å². The van der Waals surface area contributed by atoms with Crippen LogP contribution in [0.15, 0.2) is 24.5 Å². The van der Waals surface area contributed by atoms with Crippen molar-refractivity contribution in [2.24, 2.45) is 0 Å². The van der Waals surface area contributed by atoms with E-state index < -0.39 is 5.97 Å². The van der Waals surface area contributed by atoms with Crippen LogP contribution in [0.1, 0.15) is 22.6 Å². The molecule has 0 spiro atoms. The number of rotatable bonds is 4. The molecule has 84 valence electrons. The van der Waals surface area contributed by atoms with Gasteiger partial charge in [0.05, 0.1) is 17.3 Å². The van der Waals surface area contributed by atoms with Gasteiger partial charge in [0.25, 0.3) is 0 Å². The number of aliphatic hydroxyl groups is 1. The third kappa shape index (κ3) is 1.90. The molecule has 0 amide bonds. The first-order valence-corrected chi connectivity index (χ1v) is 5.02. The van der Waals surface area contributed by atoms with Crippen LogP contribution >= 0.6 is 0 Å². The van der Waals surface area contributed by atoms with E-state index in [-0.39, 0.29) is 12.2 Å². The Morgan fingerprint density at radius 3 is 2.94 bits per heavy atom. The Hall–Kier alpha value is -1.88. The highest BCUT2D eigenvalue weighted by molar-refractivity contribution is 5.87. The highest BCUT2D eigenvalue weighted by Gasteiger charge is 2.07. The van der Waals surface area contributed by atoms with E-state index in [0.29, 0.717) is 12.8 Å². The van der Waals surface area contributed by atoms with Crippen LogP contribution in [-0.4, -0.2) is 32.2 Å². The summed E-state index contributed by atoms with van der Waals surface area (Å²) < 4.78 is 1.75. The minimum absolute atomic E-state index is 0.105. The van der Waals surface area contributed by atoms with Crippen LogP contribution in [-0.2, 0) is 6.42 Å². The average Bonchev–Trinajstić information content (AvgIpc) is 2.68. The second-order valence-electron chi connectivity index (χ2n) is 3.52. The molecular weight excluding hydrogens is 208 g/mol. The van der Waals surface area contributed by atoms with Crippen LogP contribution in [0.5, 0.6) is 0 Å². The van der Waals surface area contributed by atoms with Gasteiger partial charge in [-0.15, -0.1) is 0 Å². The topological polar surface area (TPSA) is 74.8 Å². The molecule has 2 rings (SSSR count). The number of pyridine rings is 1. The summed E-state index contributed by atoms with van der Waals surface area (Å²) in [5, 5.41) is 17.6. The van der Waals surface area contributed by atoms with Crippen molar-refractivity contribution in [1.29, 1.82) is 0 Å². The molecule has 0 fully saturated rings. The molecule has 0 aliphatic carbocycles. The normalized spacial score (nSPS) is 10.8. The number of fused-ring (bicyclic) bond motifs is 1. The zero-order valence-electron chi connectivity index (χ0n) is 8.63. The van der Waals surface area contributed by atoms with Gasteiger partial charge in [-0.25, -0.2) is 9.78 Å². The Balaban J connectivity index is 2.43. The fraction of sp³-hybridized carbons (Fsp3) is 0.273. The molecule has 5 nitrogen and oxygen atoms in total. The number of carboxylic acid groups (broad SMARTS) is 1. The molecule has 0 saturated heterocycles. The molecular formula is C11H12N2O3. The molecule has 0 aliphatic rings. The number of nitrogens with zero attached hydrogens (tertiary/aromatic N) is 2. The van der Waals surface area contributed by atoms with Gasteiger partial charge in [-0.1, -0.05) is 0 Å². The third-order valence-corrected chi connectivity index (χ3v) is 2.41. The summed E-state index contributed by atoms with van der Waals surface area (Å²) in [5.41, 5.74) is 1.09. The van der Waals surface area contributed by atoms with E-state index in [1.54, 1.807) is 28.9 Å². The van der Waals surface area contributed by atoms with Crippen LogP contribution in [0.4, 0.5) is 0 Å². The van der Waals surface area contributed by atoms with Gasteiger partial charge in [-0.05, 0) is 18.6 Å². The van der Waals surface area contributed by atoms with Crippen molar-refractivity contribution in [1.82, 2.24) is 9.38 Å². The zero-order chi connectivity index (χ0) is 11.5. The summed E-state index contributed by atoms with van der Waals surface area (Å²) in [6.45, 7) is 0.105. The van der Waals surface area contributed by atoms with Crippen molar-refractivity contribution < 1.29 is 15.0 Å². The smallest absolute Gasteiger partial charge is 0.337 e. The first-order valence-electron chi connectivity index (χ1n) is 5.02. The maximum Gasteiger partial charge on any atom is 0.337 e. The van der Waals surface area contributed by atoms with Gasteiger partial charge in [0.2, 0.25) is 0 Å². The first kappa shape index (κ1) is 10.6. The minimum atomic E-state index is -0.955. The molecule has 0 aliphatic heterocycles.